The van der Waals surface area contributed by atoms with Crippen LogP contribution in [0.25, 0.3) is 10.1 Å². The number of fused-ring (bicyclic) bond motifs is 1. The second-order valence-electron chi connectivity index (χ2n) is 5.13. The van der Waals surface area contributed by atoms with Gasteiger partial charge in [-0.2, -0.15) is 0 Å². The average molecular weight is 258 g/mol. The largest absolute Gasteiger partial charge is 0.369 e. The summed E-state index contributed by atoms with van der Waals surface area (Å²) in [7, 11) is 0. The maximum atomic E-state index is 4.59. The van der Waals surface area contributed by atoms with Gasteiger partial charge < -0.3 is 5.32 Å². The number of nitrogens with zero attached hydrogens (tertiary/aromatic N) is 1. The second-order valence-corrected chi connectivity index (χ2v) is 6.04. The minimum atomic E-state index is 0.480. The van der Waals surface area contributed by atoms with Crippen LogP contribution in [-0.2, 0) is 6.42 Å². The lowest BCUT2D eigenvalue weighted by atomic mass is 9.99. The molecule has 0 aliphatic carbocycles. The summed E-state index contributed by atoms with van der Waals surface area (Å²) in [6.45, 7) is 5.36. The van der Waals surface area contributed by atoms with Crippen LogP contribution in [-0.4, -0.2) is 18.4 Å². The highest BCUT2D eigenvalue weighted by Gasteiger charge is 2.19. The summed E-state index contributed by atoms with van der Waals surface area (Å²) < 4.78 is 1.38. The number of benzene rings is 1. The minimum Gasteiger partial charge on any atom is -0.369 e. The van der Waals surface area contributed by atoms with Crippen molar-refractivity contribution in [3.05, 3.63) is 35.2 Å². The lowest BCUT2D eigenvalue weighted by molar-refractivity contribution is 0.690. The van der Waals surface area contributed by atoms with Crippen molar-refractivity contribution in [2.75, 3.05) is 6.54 Å². The van der Waals surface area contributed by atoms with E-state index >= 15 is 0 Å². The number of thiophene rings is 1. The Kier molecular flexibility index (Phi) is 3.08. The van der Waals surface area contributed by atoms with Crippen molar-refractivity contribution in [1.29, 1.82) is 0 Å². The molecule has 0 bridgehead atoms. The predicted molar refractivity (Wildman–Crippen MR) is 79.6 cm³/mol. The monoisotopic (exact) mass is 258 g/mol. The highest BCUT2D eigenvalue weighted by Crippen LogP contribution is 2.27. The molecular formula is C15H18N2S. The summed E-state index contributed by atoms with van der Waals surface area (Å²) in [4.78, 5) is 4.59. The van der Waals surface area contributed by atoms with Crippen LogP contribution in [0.4, 0.5) is 0 Å². The average Bonchev–Trinajstić information content (AvgIpc) is 2.97. The van der Waals surface area contributed by atoms with Gasteiger partial charge in [-0.1, -0.05) is 25.1 Å². The van der Waals surface area contributed by atoms with Gasteiger partial charge in [0.25, 0.3) is 0 Å². The standard InChI is InChI=1S/C15H18N2S/c1-10(15-16-8-11(2)17-15)7-12-9-18-14-6-4-3-5-13(12)14/h3-6,9-11H,7-8H2,1-2H3,(H,16,17)/t10-,11?/m0/s1. The molecule has 0 radical (unpaired) electrons. The van der Waals surface area contributed by atoms with Crippen LogP contribution in [0.3, 0.4) is 0 Å². The Morgan fingerprint density at radius 2 is 2.28 bits per heavy atom. The quantitative estimate of drug-likeness (QED) is 0.895. The minimum absolute atomic E-state index is 0.480. The number of rotatable bonds is 3. The van der Waals surface area contributed by atoms with Gasteiger partial charge in [-0.25, -0.2) is 0 Å². The first kappa shape index (κ1) is 11.7. The molecule has 2 nitrogen and oxygen atoms in total. The van der Waals surface area contributed by atoms with E-state index in [1.807, 2.05) is 11.3 Å². The molecule has 0 spiro atoms. The molecule has 0 amide bonds. The molecule has 0 saturated heterocycles. The fourth-order valence-electron chi connectivity index (χ4n) is 2.49. The maximum Gasteiger partial charge on any atom is 0.0998 e. The molecule has 18 heavy (non-hydrogen) atoms. The van der Waals surface area contributed by atoms with E-state index in [1.165, 1.54) is 21.5 Å². The summed E-state index contributed by atoms with van der Waals surface area (Å²) in [6.07, 6.45) is 1.07. The molecule has 2 heterocycles. The van der Waals surface area contributed by atoms with Gasteiger partial charge in [0.15, 0.2) is 0 Å². The number of amidine groups is 1. The third-order valence-electron chi connectivity index (χ3n) is 3.48. The van der Waals surface area contributed by atoms with E-state index in [2.05, 4.69) is 53.8 Å². The number of aliphatic imine (C=N–C) groups is 1. The molecule has 2 aromatic rings. The third kappa shape index (κ3) is 2.15. The van der Waals surface area contributed by atoms with Gasteiger partial charge in [-0.3, -0.25) is 4.99 Å². The molecule has 1 aromatic heterocycles. The van der Waals surface area contributed by atoms with Crippen molar-refractivity contribution >= 4 is 27.3 Å². The predicted octanol–water partition coefficient (Wildman–Crippen LogP) is 3.47. The van der Waals surface area contributed by atoms with E-state index < -0.39 is 0 Å². The van der Waals surface area contributed by atoms with Crippen LogP contribution in [0, 0.1) is 5.92 Å². The zero-order valence-corrected chi connectivity index (χ0v) is 11.6. The van der Waals surface area contributed by atoms with Crippen molar-refractivity contribution in [1.82, 2.24) is 5.32 Å². The molecule has 94 valence electrons. The fraction of sp³-hybridized carbons (Fsp3) is 0.400. The summed E-state index contributed by atoms with van der Waals surface area (Å²) in [5.74, 6) is 1.66. The number of hydrogen-bond donors (Lipinski definition) is 1. The molecule has 1 aromatic carbocycles. The van der Waals surface area contributed by atoms with Gasteiger partial charge in [-0.05, 0) is 35.7 Å². The summed E-state index contributed by atoms with van der Waals surface area (Å²) in [5, 5.41) is 7.16. The molecular weight excluding hydrogens is 240 g/mol. The molecule has 3 heteroatoms. The zero-order valence-electron chi connectivity index (χ0n) is 10.8. The van der Waals surface area contributed by atoms with Crippen LogP contribution in [0.5, 0.6) is 0 Å². The van der Waals surface area contributed by atoms with Crippen LogP contribution < -0.4 is 5.32 Å². The lowest BCUT2D eigenvalue weighted by Crippen LogP contribution is -2.32. The normalized spacial score (nSPS) is 20.8. The Morgan fingerprint density at radius 3 is 3.06 bits per heavy atom. The maximum absolute atomic E-state index is 4.59. The first-order valence-corrected chi connectivity index (χ1v) is 7.38. The van der Waals surface area contributed by atoms with Crippen LogP contribution in [0.15, 0.2) is 34.6 Å². The third-order valence-corrected chi connectivity index (χ3v) is 4.50. The molecule has 1 unspecified atom stereocenters. The molecule has 0 saturated carbocycles. The van der Waals surface area contributed by atoms with E-state index in [9.17, 15) is 0 Å². The van der Waals surface area contributed by atoms with Crippen LogP contribution in [0.2, 0.25) is 0 Å². The highest BCUT2D eigenvalue weighted by atomic mass is 32.1. The number of hydrogen-bond acceptors (Lipinski definition) is 3. The van der Waals surface area contributed by atoms with Crippen molar-refractivity contribution in [3.63, 3.8) is 0 Å². The molecule has 2 atom stereocenters. The summed E-state index contributed by atoms with van der Waals surface area (Å²) >= 11 is 1.84. The van der Waals surface area contributed by atoms with Crippen LogP contribution in [0.1, 0.15) is 19.4 Å². The van der Waals surface area contributed by atoms with E-state index in [0.717, 1.165) is 13.0 Å². The van der Waals surface area contributed by atoms with Gasteiger partial charge in [0.1, 0.15) is 0 Å². The van der Waals surface area contributed by atoms with Crippen LogP contribution >= 0.6 is 11.3 Å². The van der Waals surface area contributed by atoms with E-state index in [0.29, 0.717) is 12.0 Å². The fourth-order valence-corrected chi connectivity index (χ4v) is 3.47. The van der Waals surface area contributed by atoms with Crippen molar-refractivity contribution in [3.8, 4) is 0 Å². The SMILES string of the molecule is CC1CN=C([C@@H](C)Cc2csc3ccccc23)N1. The zero-order chi connectivity index (χ0) is 12.5. The molecule has 0 fully saturated rings. The molecule has 3 rings (SSSR count). The Labute approximate surface area is 112 Å². The first-order valence-electron chi connectivity index (χ1n) is 6.50. The Balaban J connectivity index is 1.80. The molecule has 1 N–H and O–H groups in total. The van der Waals surface area contributed by atoms with E-state index in [4.69, 9.17) is 0 Å². The topological polar surface area (TPSA) is 24.4 Å². The number of nitrogens with one attached hydrogen (secondary N) is 1. The second kappa shape index (κ2) is 4.73. The van der Waals surface area contributed by atoms with E-state index in [-0.39, 0.29) is 0 Å². The van der Waals surface area contributed by atoms with Gasteiger partial charge in [0.05, 0.1) is 12.4 Å². The van der Waals surface area contributed by atoms with E-state index in [1.54, 1.807) is 0 Å². The van der Waals surface area contributed by atoms with Crippen molar-refractivity contribution in [2.24, 2.45) is 10.9 Å². The van der Waals surface area contributed by atoms with Gasteiger partial charge >= 0.3 is 0 Å². The van der Waals surface area contributed by atoms with Gasteiger partial charge in [-0.15, -0.1) is 11.3 Å². The molecule has 1 aliphatic heterocycles. The molecule has 1 aliphatic rings. The summed E-state index contributed by atoms with van der Waals surface area (Å²) in [6, 6.07) is 9.15. The Morgan fingerprint density at radius 1 is 1.44 bits per heavy atom. The smallest absolute Gasteiger partial charge is 0.0998 e. The first-order chi connectivity index (χ1) is 8.74. The van der Waals surface area contributed by atoms with Gasteiger partial charge in [0.2, 0.25) is 0 Å². The van der Waals surface area contributed by atoms with Crippen molar-refractivity contribution < 1.29 is 0 Å². The Hall–Kier alpha value is -1.35. The summed E-state index contributed by atoms with van der Waals surface area (Å²) in [5.41, 5.74) is 1.45. The lowest BCUT2D eigenvalue weighted by Gasteiger charge is -2.13. The Bertz CT molecular complexity index is 585. The van der Waals surface area contributed by atoms with Gasteiger partial charge in [0, 0.05) is 16.7 Å². The van der Waals surface area contributed by atoms with Crippen molar-refractivity contribution in [2.45, 2.75) is 26.3 Å². The highest BCUT2D eigenvalue weighted by molar-refractivity contribution is 7.17.